The lowest BCUT2D eigenvalue weighted by atomic mass is 9.99. The molecule has 1 aliphatic carbocycles. The van der Waals surface area contributed by atoms with Crippen LogP contribution in [0.2, 0.25) is 0 Å². The van der Waals surface area contributed by atoms with E-state index in [1.54, 1.807) is 6.92 Å². The molecule has 1 heterocycles. The summed E-state index contributed by atoms with van der Waals surface area (Å²) in [6.07, 6.45) is 3.21. The fraction of sp³-hybridized carbons (Fsp3) is 0.769. The van der Waals surface area contributed by atoms with E-state index < -0.39 is 5.54 Å². The first-order chi connectivity index (χ1) is 9.46. The third-order valence-corrected chi connectivity index (χ3v) is 3.81. The summed E-state index contributed by atoms with van der Waals surface area (Å²) in [5.41, 5.74) is -0.784. The smallest absolute Gasteiger partial charge is 0.325 e. The predicted octanol–water partition coefficient (Wildman–Crippen LogP) is 0.559. The van der Waals surface area contributed by atoms with E-state index in [-0.39, 0.29) is 18.0 Å². The second kappa shape index (κ2) is 5.68. The first-order valence-corrected chi connectivity index (χ1v) is 7.15. The maximum Gasteiger partial charge on any atom is 0.325 e. The van der Waals surface area contributed by atoms with Crippen molar-refractivity contribution in [3.8, 4) is 0 Å². The summed E-state index contributed by atoms with van der Waals surface area (Å²) in [6, 6.07) is -0.198. The van der Waals surface area contributed by atoms with Crippen LogP contribution in [0.3, 0.4) is 0 Å². The van der Waals surface area contributed by atoms with E-state index in [4.69, 9.17) is 0 Å². The van der Waals surface area contributed by atoms with Crippen LogP contribution in [0.15, 0.2) is 0 Å². The highest BCUT2D eigenvalue weighted by Crippen LogP contribution is 2.20. The fourth-order valence-electron chi connectivity index (χ4n) is 2.09. The van der Waals surface area contributed by atoms with Gasteiger partial charge in [0.05, 0.1) is 0 Å². The van der Waals surface area contributed by atoms with Crippen LogP contribution in [0.4, 0.5) is 9.59 Å². The average Bonchev–Trinajstić information content (AvgIpc) is 3.17. The van der Waals surface area contributed by atoms with Gasteiger partial charge < -0.3 is 16.0 Å². The van der Waals surface area contributed by atoms with Gasteiger partial charge in [0, 0.05) is 19.1 Å². The van der Waals surface area contributed by atoms with Crippen molar-refractivity contribution in [1.29, 1.82) is 0 Å². The number of nitrogens with one attached hydrogen (secondary N) is 3. The van der Waals surface area contributed by atoms with Gasteiger partial charge in [-0.15, -0.1) is 0 Å². The normalized spacial score (nSPS) is 25.6. The summed E-state index contributed by atoms with van der Waals surface area (Å²) in [5.74, 6) is -0.188. The molecule has 1 atom stereocenters. The molecule has 0 aromatic rings. The van der Waals surface area contributed by atoms with Gasteiger partial charge in [0.1, 0.15) is 5.54 Å². The Morgan fingerprint density at radius 1 is 1.45 bits per heavy atom. The molecule has 0 aromatic carbocycles. The molecule has 0 bridgehead atoms. The van der Waals surface area contributed by atoms with Gasteiger partial charge in [0.2, 0.25) is 0 Å². The van der Waals surface area contributed by atoms with Crippen molar-refractivity contribution < 1.29 is 14.4 Å². The Kier molecular flexibility index (Phi) is 4.15. The maximum absolute atomic E-state index is 12.1. The molecular weight excluding hydrogens is 260 g/mol. The Morgan fingerprint density at radius 2 is 2.15 bits per heavy atom. The van der Waals surface area contributed by atoms with Crippen molar-refractivity contribution in [3.63, 3.8) is 0 Å². The Labute approximate surface area is 118 Å². The molecule has 0 radical (unpaired) electrons. The second-order valence-electron chi connectivity index (χ2n) is 5.60. The number of nitrogens with zero attached hydrogens (tertiary/aromatic N) is 1. The summed E-state index contributed by atoms with van der Waals surface area (Å²) in [7, 11) is 0. The Hall–Kier alpha value is -1.79. The maximum atomic E-state index is 12.1. The largest absolute Gasteiger partial charge is 0.338 e. The van der Waals surface area contributed by atoms with E-state index in [2.05, 4.69) is 16.0 Å². The number of hydrogen-bond acceptors (Lipinski definition) is 3. The molecule has 0 aromatic heterocycles. The number of urea groups is 2. The van der Waals surface area contributed by atoms with Crippen molar-refractivity contribution in [2.45, 2.75) is 51.1 Å². The van der Waals surface area contributed by atoms with Crippen LogP contribution >= 0.6 is 0 Å². The molecule has 1 saturated carbocycles. The minimum Gasteiger partial charge on any atom is -0.338 e. The highest BCUT2D eigenvalue weighted by molar-refractivity contribution is 6.06. The van der Waals surface area contributed by atoms with E-state index in [0.717, 1.165) is 12.8 Å². The molecule has 2 fully saturated rings. The number of amides is 5. The SMILES string of the molecule is CCC1(C)NC(=O)N(CCCNC(=O)NC2CC2)C1=O. The summed E-state index contributed by atoms with van der Waals surface area (Å²) in [6.45, 7) is 4.36. The lowest BCUT2D eigenvalue weighted by Crippen LogP contribution is -2.43. The lowest BCUT2D eigenvalue weighted by molar-refractivity contribution is -0.130. The Balaban J connectivity index is 1.69. The zero-order valence-corrected chi connectivity index (χ0v) is 12.0. The third-order valence-electron chi connectivity index (χ3n) is 3.81. The number of rotatable bonds is 6. The standard InChI is InChI=1S/C13H22N4O3/c1-3-13(2)10(18)17(12(20)16-13)8-4-7-14-11(19)15-9-5-6-9/h9H,3-8H2,1-2H3,(H,16,20)(H2,14,15,19). The van der Waals surface area contributed by atoms with Gasteiger partial charge in [0.15, 0.2) is 0 Å². The van der Waals surface area contributed by atoms with E-state index >= 15 is 0 Å². The number of imide groups is 1. The van der Waals surface area contributed by atoms with Gasteiger partial charge in [-0.3, -0.25) is 9.69 Å². The fourth-order valence-corrected chi connectivity index (χ4v) is 2.09. The molecule has 1 aliphatic heterocycles. The zero-order chi connectivity index (χ0) is 14.8. The van der Waals surface area contributed by atoms with Gasteiger partial charge in [-0.05, 0) is 32.6 Å². The molecule has 7 heteroatoms. The Morgan fingerprint density at radius 3 is 2.70 bits per heavy atom. The van der Waals surface area contributed by atoms with E-state index in [1.165, 1.54) is 4.90 Å². The monoisotopic (exact) mass is 282 g/mol. The van der Waals surface area contributed by atoms with Crippen molar-refractivity contribution >= 4 is 18.0 Å². The number of carbonyl (C=O) groups excluding carboxylic acids is 3. The third kappa shape index (κ3) is 3.20. The molecule has 7 nitrogen and oxygen atoms in total. The molecule has 2 rings (SSSR count). The molecular formula is C13H22N4O3. The minimum absolute atomic E-state index is 0.178. The Bertz CT molecular complexity index is 422. The molecule has 112 valence electrons. The van der Waals surface area contributed by atoms with Crippen LogP contribution in [0.5, 0.6) is 0 Å². The van der Waals surface area contributed by atoms with Crippen molar-refractivity contribution in [2.24, 2.45) is 0 Å². The van der Waals surface area contributed by atoms with Gasteiger partial charge in [0.25, 0.3) is 5.91 Å². The first kappa shape index (κ1) is 14.6. The highest BCUT2D eigenvalue weighted by Gasteiger charge is 2.45. The van der Waals surface area contributed by atoms with Crippen molar-refractivity contribution in [2.75, 3.05) is 13.1 Å². The second-order valence-corrected chi connectivity index (χ2v) is 5.60. The quantitative estimate of drug-likeness (QED) is 0.491. The van der Waals surface area contributed by atoms with Gasteiger partial charge in [-0.2, -0.15) is 0 Å². The lowest BCUT2D eigenvalue weighted by Gasteiger charge is -2.19. The van der Waals surface area contributed by atoms with Crippen LogP contribution in [-0.2, 0) is 4.79 Å². The van der Waals surface area contributed by atoms with Crippen LogP contribution < -0.4 is 16.0 Å². The van der Waals surface area contributed by atoms with Crippen molar-refractivity contribution in [3.05, 3.63) is 0 Å². The van der Waals surface area contributed by atoms with Crippen LogP contribution in [0.25, 0.3) is 0 Å². The van der Waals surface area contributed by atoms with E-state index in [1.807, 2.05) is 6.92 Å². The number of hydrogen-bond donors (Lipinski definition) is 3. The highest BCUT2D eigenvalue weighted by atomic mass is 16.2. The van der Waals surface area contributed by atoms with Gasteiger partial charge in [-0.1, -0.05) is 6.92 Å². The van der Waals surface area contributed by atoms with Crippen LogP contribution in [-0.4, -0.2) is 47.5 Å². The minimum atomic E-state index is -0.784. The van der Waals surface area contributed by atoms with Crippen LogP contribution in [0.1, 0.15) is 39.5 Å². The summed E-state index contributed by atoms with van der Waals surface area (Å²) >= 11 is 0. The molecule has 20 heavy (non-hydrogen) atoms. The zero-order valence-electron chi connectivity index (χ0n) is 12.0. The topological polar surface area (TPSA) is 90.5 Å². The summed E-state index contributed by atoms with van der Waals surface area (Å²) < 4.78 is 0. The van der Waals surface area contributed by atoms with Crippen molar-refractivity contribution in [1.82, 2.24) is 20.9 Å². The molecule has 1 saturated heterocycles. The summed E-state index contributed by atoms with van der Waals surface area (Å²) in [4.78, 5) is 36.4. The predicted molar refractivity (Wildman–Crippen MR) is 73.1 cm³/mol. The molecule has 5 amide bonds. The van der Waals surface area contributed by atoms with E-state index in [9.17, 15) is 14.4 Å². The molecule has 3 N–H and O–H groups in total. The number of carbonyl (C=O) groups is 3. The van der Waals surface area contributed by atoms with Crippen LogP contribution in [0, 0.1) is 0 Å². The first-order valence-electron chi connectivity index (χ1n) is 7.15. The average molecular weight is 282 g/mol. The molecule has 1 unspecified atom stereocenters. The van der Waals surface area contributed by atoms with E-state index in [0.29, 0.717) is 32.0 Å². The summed E-state index contributed by atoms with van der Waals surface area (Å²) in [5, 5.41) is 8.24. The molecule has 0 spiro atoms. The molecule has 2 aliphatic rings. The van der Waals surface area contributed by atoms with Gasteiger partial charge >= 0.3 is 12.1 Å². The van der Waals surface area contributed by atoms with Gasteiger partial charge in [-0.25, -0.2) is 9.59 Å².